The van der Waals surface area contributed by atoms with Crippen LogP contribution in [0.1, 0.15) is 53.7 Å². The molecule has 5 rings (SSSR count). The maximum atomic E-state index is 11.3. The lowest BCUT2D eigenvalue weighted by molar-refractivity contribution is 0.207. The molecule has 1 saturated carbocycles. The average Bonchev–Trinajstić information content (AvgIpc) is 3.16. The first kappa shape index (κ1) is 18.6. The molecule has 3 aromatic heterocycles. The number of benzene rings is 1. The highest BCUT2D eigenvalue weighted by Gasteiger charge is 2.34. The fourth-order valence-electron chi connectivity index (χ4n) is 3.59. The number of hydrogen-bond acceptors (Lipinski definition) is 6. The smallest absolute Gasteiger partial charge is 0.141 e. The molecule has 0 spiro atoms. The lowest BCUT2D eigenvalue weighted by atomic mass is 10.1. The number of aliphatic hydroxyl groups excluding tert-OH is 1. The van der Waals surface area contributed by atoms with Crippen LogP contribution in [0.4, 0.5) is 0 Å². The van der Waals surface area contributed by atoms with Crippen molar-refractivity contribution >= 4 is 27.8 Å². The third-order valence-electron chi connectivity index (χ3n) is 5.19. The minimum absolute atomic E-state index is 0.510. The van der Waals surface area contributed by atoms with Crippen LogP contribution in [-0.4, -0.2) is 36.1 Å². The molecule has 0 amide bonds. The molecule has 0 radical (unpaired) electrons. The molecule has 150 valence electrons. The third-order valence-corrected chi connectivity index (χ3v) is 6.76. The average molecular weight is 430 g/mol. The first-order valence-corrected chi connectivity index (χ1v) is 10.8. The van der Waals surface area contributed by atoms with Gasteiger partial charge in [-0.3, -0.25) is 4.40 Å². The molecule has 7 nitrogen and oxygen atoms in total. The number of ether oxygens (including phenoxy) is 1. The predicted octanol–water partition coefficient (Wildman–Crippen LogP) is 4.30. The third kappa shape index (κ3) is 3.11. The standard InChI is InChI=1S/C20H20ClN5O2S/c1-3-28-15-7-6-13(8-14(15)21)26-11(2)17(23-24-26)19(27)18-20(12-4-5-12)29-16-9-22-10-25(16)18/h6-10,12,19,27H,3-5H2,1-2H3. The molecular weight excluding hydrogens is 410 g/mol. The molecule has 1 aliphatic rings. The van der Waals surface area contributed by atoms with Crippen molar-refractivity contribution in [2.75, 3.05) is 6.61 Å². The zero-order chi connectivity index (χ0) is 20.1. The lowest BCUT2D eigenvalue weighted by Gasteiger charge is -2.12. The molecule has 0 aliphatic heterocycles. The molecule has 1 aliphatic carbocycles. The van der Waals surface area contributed by atoms with Gasteiger partial charge < -0.3 is 9.84 Å². The van der Waals surface area contributed by atoms with Crippen LogP contribution in [0.25, 0.3) is 10.5 Å². The van der Waals surface area contributed by atoms with Crippen molar-refractivity contribution in [2.45, 2.75) is 38.7 Å². The van der Waals surface area contributed by atoms with E-state index in [4.69, 9.17) is 16.3 Å². The van der Waals surface area contributed by atoms with Gasteiger partial charge in [-0.1, -0.05) is 16.8 Å². The second-order valence-electron chi connectivity index (χ2n) is 7.15. The van der Waals surface area contributed by atoms with Crippen molar-refractivity contribution < 1.29 is 9.84 Å². The molecule has 1 unspecified atom stereocenters. The Bertz CT molecular complexity index is 1190. The fourth-order valence-corrected chi connectivity index (χ4v) is 5.12. The molecule has 4 aromatic rings. The monoisotopic (exact) mass is 429 g/mol. The Balaban J connectivity index is 1.54. The van der Waals surface area contributed by atoms with Gasteiger partial charge in [-0.15, -0.1) is 16.4 Å². The van der Waals surface area contributed by atoms with E-state index in [9.17, 15) is 5.11 Å². The fraction of sp³-hybridized carbons (Fsp3) is 0.350. The van der Waals surface area contributed by atoms with Crippen LogP contribution in [0, 0.1) is 6.92 Å². The normalized spacial score (nSPS) is 15.2. The van der Waals surface area contributed by atoms with E-state index >= 15 is 0 Å². The summed E-state index contributed by atoms with van der Waals surface area (Å²) in [7, 11) is 0. The van der Waals surface area contributed by atoms with Gasteiger partial charge in [0.25, 0.3) is 0 Å². The van der Waals surface area contributed by atoms with Gasteiger partial charge in [-0.05, 0) is 50.8 Å². The Morgan fingerprint density at radius 2 is 2.21 bits per heavy atom. The largest absolute Gasteiger partial charge is 0.492 e. The molecule has 0 bridgehead atoms. The summed E-state index contributed by atoms with van der Waals surface area (Å²) in [5.74, 6) is 1.15. The molecule has 0 saturated heterocycles. The van der Waals surface area contributed by atoms with E-state index in [-0.39, 0.29) is 0 Å². The SMILES string of the molecule is CCOc1ccc(-n2nnc(C(O)c3c(C4CC4)sc4cncn34)c2C)cc1Cl. The van der Waals surface area contributed by atoms with E-state index in [1.165, 1.54) is 4.88 Å². The minimum atomic E-state index is -0.875. The zero-order valence-electron chi connectivity index (χ0n) is 16.0. The summed E-state index contributed by atoms with van der Waals surface area (Å²) in [6.45, 7) is 4.36. The molecule has 1 aromatic carbocycles. The van der Waals surface area contributed by atoms with Gasteiger partial charge in [0.2, 0.25) is 0 Å². The van der Waals surface area contributed by atoms with Crippen LogP contribution < -0.4 is 4.74 Å². The van der Waals surface area contributed by atoms with E-state index in [0.29, 0.717) is 29.0 Å². The van der Waals surface area contributed by atoms with Gasteiger partial charge in [0.1, 0.15) is 28.7 Å². The quantitative estimate of drug-likeness (QED) is 0.494. The number of thiazole rings is 1. The van der Waals surface area contributed by atoms with Crippen molar-refractivity contribution in [1.29, 1.82) is 0 Å². The maximum Gasteiger partial charge on any atom is 0.141 e. The van der Waals surface area contributed by atoms with Crippen LogP contribution in [0.5, 0.6) is 5.75 Å². The van der Waals surface area contributed by atoms with Crippen molar-refractivity contribution in [3.8, 4) is 11.4 Å². The molecule has 29 heavy (non-hydrogen) atoms. The van der Waals surface area contributed by atoms with Crippen LogP contribution in [0.15, 0.2) is 30.7 Å². The summed E-state index contributed by atoms with van der Waals surface area (Å²) < 4.78 is 9.16. The topological polar surface area (TPSA) is 77.5 Å². The van der Waals surface area contributed by atoms with Gasteiger partial charge in [0, 0.05) is 4.88 Å². The van der Waals surface area contributed by atoms with E-state index in [1.807, 2.05) is 36.6 Å². The number of aliphatic hydroxyl groups is 1. The van der Waals surface area contributed by atoms with Crippen molar-refractivity contribution in [1.82, 2.24) is 24.4 Å². The summed E-state index contributed by atoms with van der Waals surface area (Å²) in [6, 6.07) is 5.49. The van der Waals surface area contributed by atoms with E-state index in [2.05, 4.69) is 15.3 Å². The van der Waals surface area contributed by atoms with Crippen LogP contribution in [0.2, 0.25) is 5.02 Å². The van der Waals surface area contributed by atoms with Crippen LogP contribution in [0.3, 0.4) is 0 Å². The number of imidazole rings is 1. The molecule has 1 fully saturated rings. The van der Waals surface area contributed by atoms with Crippen molar-refractivity contribution in [2.24, 2.45) is 0 Å². The van der Waals surface area contributed by atoms with Gasteiger partial charge >= 0.3 is 0 Å². The summed E-state index contributed by atoms with van der Waals surface area (Å²) in [5, 5.41) is 20.4. The second kappa shape index (κ2) is 7.12. The van der Waals surface area contributed by atoms with Crippen LogP contribution in [-0.2, 0) is 0 Å². The molecule has 1 atom stereocenters. The van der Waals surface area contributed by atoms with E-state index < -0.39 is 6.10 Å². The summed E-state index contributed by atoms with van der Waals surface area (Å²) >= 11 is 8.03. The van der Waals surface area contributed by atoms with Gasteiger partial charge in [0.15, 0.2) is 0 Å². The molecule has 1 N–H and O–H groups in total. The summed E-state index contributed by atoms with van der Waals surface area (Å²) in [4.78, 5) is 6.47. The minimum Gasteiger partial charge on any atom is -0.492 e. The predicted molar refractivity (Wildman–Crippen MR) is 111 cm³/mol. The highest BCUT2D eigenvalue weighted by Crippen LogP contribution is 2.47. The first-order chi connectivity index (χ1) is 14.1. The second-order valence-corrected chi connectivity index (χ2v) is 8.62. The number of hydrogen-bond donors (Lipinski definition) is 1. The Morgan fingerprint density at radius 1 is 1.38 bits per heavy atom. The van der Waals surface area contributed by atoms with Gasteiger partial charge in [0.05, 0.1) is 34.9 Å². The molecule has 3 heterocycles. The Kier molecular flexibility index (Phi) is 4.57. The van der Waals surface area contributed by atoms with E-state index in [0.717, 1.165) is 34.7 Å². The lowest BCUT2D eigenvalue weighted by Crippen LogP contribution is -2.08. The Hall–Kier alpha value is -2.42. The first-order valence-electron chi connectivity index (χ1n) is 9.56. The number of rotatable bonds is 6. The van der Waals surface area contributed by atoms with Crippen LogP contribution >= 0.6 is 22.9 Å². The number of nitrogens with zero attached hydrogens (tertiary/aromatic N) is 5. The van der Waals surface area contributed by atoms with Crippen molar-refractivity contribution in [3.63, 3.8) is 0 Å². The Labute approximate surface area is 176 Å². The van der Waals surface area contributed by atoms with E-state index in [1.54, 1.807) is 28.4 Å². The number of halogens is 1. The maximum absolute atomic E-state index is 11.3. The number of fused-ring (bicyclic) bond motifs is 1. The molecular formula is C20H20ClN5O2S. The summed E-state index contributed by atoms with van der Waals surface area (Å²) in [6.07, 6.45) is 5.03. The Morgan fingerprint density at radius 3 is 2.93 bits per heavy atom. The highest BCUT2D eigenvalue weighted by atomic mass is 35.5. The van der Waals surface area contributed by atoms with Crippen molar-refractivity contribution in [3.05, 3.63) is 57.7 Å². The highest BCUT2D eigenvalue weighted by molar-refractivity contribution is 7.17. The zero-order valence-corrected chi connectivity index (χ0v) is 17.6. The van der Waals surface area contributed by atoms with Gasteiger partial charge in [-0.2, -0.15) is 0 Å². The molecule has 9 heteroatoms. The number of aromatic nitrogens is 5. The summed E-state index contributed by atoms with van der Waals surface area (Å²) in [5.41, 5.74) is 2.91. The van der Waals surface area contributed by atoms with Gasteiger partial charge in [-0.25, -0.2) is 9.67 Å².